The molecule has 166 valence electrons. The number of aromatic nitrogens is 3. The van der Waals surface area contributed by atoms with Gasteiger partial charge in [0.05, 0.1) is 16.8 Å². The van der Waals surface area contributed by atoms with Crippen molar-refractivity contribution in [2.45, 2.75) is 25.8 Å². The maximum atomic E-state index is 13.1. The number of amides is 2. The van der Waals surface area contributed by atoms with Crippen LogP contribution in [-0.4, -0.2) is 44.6 Å². The number of nitrogens with zero attached hydrogens (tertiary/aromatic N) is 4. The summed E-state index contributed by atoms with van der Waals surface area (Å²) in [5, 5.41) is 7.40. The van der Waals surface area contributed by atoms with Crippen LogP contribution in [0.5, 0.6) is 0 Å². The molecule has 0 saturated carbocycles. The molecule has 7 nitrogen and oxygen atoms in total. The molecule has 0 bridgehead atoms. The van der Waals surface area contributed by atoms with Crippen molar-refractivity contribution < 1.29 is 14.0 Å². The van der Waals surface area contributed by atoms with Crippen LogP contribution in [0.1, 0.15) is 44.8 Å². The number of aryl methyl sites for hydroxylation is 1. The summed E-state index contributed by atoms with van der Waals surface area (Å²) < 4.78 is 14.7. The average Bonchev–Trinajstić information content (AvgIpc) is 3.19. The standard InChI is InChI=1S/C24H26FN5O2/c1-29-16-21(23(31)27-14-18-4-6-20(25)7-5-18)22(28-29)13-17-8-11-30(12-9-17)24(32)19-3-2-10-26-15-19/h2-7,10,15-17H,8-9,11-14H2,1H3,(H,27,31). The fourth-order valence-electron chi connectivity index (χ4n) is 4.04. The van der Waals surface area contributed by atoms with Gasteiger partial charge in [0.2, 0.25) is 0 Å². The maximum Gasteiger partial charge on any atom is 0.255 e. The Labute approximate surface area is 186 Å². The second-order valence-electron chi connectivity index (χ2n) is 8.15. The molecule has 0 aliphatic carbocycles. The van der Waals surface area contributed by atoms with Crippen molar-refractivity contribution in [2.24, 2.45) is 13.0 Å². The molecule has 2 aromatic heterocycles. The smallest absolute Gasteiger partial charge is 0.255 e. The van der Waals surface area contributed by atoms with Crippen LogP contribution >= 0.6 is 0 Å². The molecule has 8 heteroatoms. The normalized spacial score (nSPS) is 14.4. The number of halogens is 1. The van der Waals surface area contributed by atoms with E-state index in [0.29, 0.717) is 43.1 Å². The minimum atomic E-state index is -0.303. The van der Waals surface area contributed by atoms with Gasteiger partial charge in [-0.1, -0.05) is 12.1 Å². The van der Waals surface area contributed by atoms with Gasteiger partial charge in [0.1, 0.15) is 5.82 Å². The zero-order chi connectivity index (χ0) is 22.5. The molecule has 4 rings (SSSR count). The van der Waals surface area contributed by atoms with E-state index >= 15 is 0 Å². The second-order valence-corrected chi connectivity index (χ2v) is 8.15. The molecule has 2 amide bonds. The molecule has 0 unspecified atom stereocenters. The predicted molar refractivity (Wildman–Crippen MR) is 117 cm³/mol. The van der Waals surface area contributed by atoms with E-state index in [1.807, 2.05) is 4.90 Å². The Morgan fingerprint density at radius 3 is 2.59 bits per heavy atom. The summed E-state index contributed by atoms with van der Waals surface area (Å²) >= 11 is 0. The molecular weight excluding hydrogens is 409 g/mol. The molecule has 0 atom stereocenters. The third-order valence-electron chi connectivity index (χ3n) is 5.81. The summed E-state index contributed by atoms with van der Waals surface area (Å²) in [7, 11) is 1.80. The number of piperidine rings is 1. The number of pyridine rings is 1. The largest absolute Gasteiger partial charge is 0.348 e. The lowest BCUT2D eigenvalue weighted by molar-refractivity contribution is 0.0689. The van der Waals surface area contributed by atoms with Gasteiger partial charge in [-0.2, -0.15) is 5.10 Å². The number of likely N-dealkylation sites (tertiary alicyclic amines) is 1. The predicted octanol–water partition coefficient (Wildman–Crippen LogP) is 2.98. The molecule has 1 aromatic carbocycles. The van der Waals surface area contributed by atoms with Gasteiger partial charge >= 0.3 is 0 Å². The van der Waals surface area contributed by atoms with Crippen LogP contribution in [-0.2, 0) is 20.0 Å². The van der Waals surface area contributed by atoms with Crippen molar-refractivity contribution in [1.82, 2.24) is 25.0 Å². The third-order valence-corrected chi connectivity index (χ3v) is 5.81. The molecule has 1 aliphatic rings. The molecule has 3 heterocycles. The highest BCUT2D eigenvalue weighted by molar-refractivity contribution is 5.95. The Hall–Kier alpha value is -3.55. The van der Waals surface area contributed by atoms with Crippen molar-refractivity contribution in [2.75, 3.05) is 13.1 Å². The lowest BCUT2D eigenvalue weighted by atomic mass is 9.91. The van der Waals surface area contributed by atoms with Crippen molar-refractivity contribution in [1.29, 1.82) is 0 Å². The van der Waals surface area contributed by atoms with Crippen molar-refractivity contribution in [3.63, 3.8) is 0 Å². The first kappa shape index (κ1) is 21.7. The Morgan fingerprint density at radius 1 is 1.16 bits per heavy atom. The Balaban J connectivity index is 1.33. The number of hydrogen-bond acceptors (Lipinski definition) is 4. The van der Waals surface area contributed by atoms with Crippen LogP contribution < -0.4 is 5.32 Å². The van der Waals surface area contributed by atoms with Gasteiger partial charge in [-0.05, 0) is 55.0 Å². The zero-order valence-corrected chi connectivity index (χ0v) is 18.0. The Morgan fingerprint density at radius 2 is 1.91 bits per heavy atom. The van der Waals surface area contributed by atoms with Gasteiger partial charge in [-0.15, -0.1) is 0 Å². The topological polar surface area (TPSA) is 80.1 Å². The summed E-state index contributed by atoms with van der Waals surface area (Å²) in [5.41, 5.74) is 2.76. The van der Waals surface area contributed by atoms with E-state index in [2.05, 4.69) is 15.4 Å². The monoisotopic (exact) mass is 435 g/mol. The SMILES string of the molecule is Cn1cc(C(=O)NCc2ccc(F)cc2)c(CC2CCN(C(=O)c3cccnc3)CC2)n1. The molecule has 32 heavy (non-hydrogen) atoms. The molecule has 1 fully saturated rings. The highest BCUT2D eigenvalue weighted by Gasteiger charge is 2.26. The maximum absolute atomic E-state index is 13.1. The van der Waals surface area contributed by atoms with Crippen molar-refractivity contribution in [3.05, 3.63) is 83.2 Å². The van der Waals surface area contributed by atoms with E-state index in [4.69, 9.17) is 0 Å². The fourth-order valence-corrected chi connectivity index (χ4v) is 4.04. The van der Waals surface area contributed by atoms with Crippen LogP contribution in [0.4, 0.5) is 4.39 Å². The van der Waals surface area contributed by atoms with E-state index in [1.54, 1.807) is 54.6 Å². The molecule has 1 saturated heterocycles. The third kappa shape index (κ3) is 5.19. The first-order chi connectivity index (χ1) is 15.5. The molecule has 3 aromatic rings. The van der Waals surface area contributed by atoms with Crippen molar-refractivity contribution >= 4 is 11.8 Å². The highest BCUT2D eigenvalue weighted by atomic mass is 19.1. The van der Waals surface area contributed by atoms with Gasteiger partial charge in [0, 0.05) is 45.3 Å². The first-order valence-corrected chi connectivity index (χ1v) is 10.7. The van der Waals surface area contributed by atoms with E-state index in [-0.39, 0.29) is 17.6 Å². The first-order valence-electron chi connectivity index (χ1n) is 10.7. The van der Waals surface area contributed by atoms with E-state index in [0.717, 1.165) is 24.1 Å². The van der Waals surface area contributed by atoms with Crippen LogP contribution in [0, 0.1) is 11.7 Å². The second kappa shape index (κ2) is 9.72. The van der Waals surface area contributed by atoms with E-state index in [1.165, 1.54) is 12.1 Å². The lowest BCUT2D eigenvalue weighted by Gasteiger charge is -2.31. The summed E-state index contributed by atoms with van der Waals surface area (Å²) in [5.74, 6) is -0.133. The molecule has 1 aliphatic heterocycles. The number of carbonyl (C=O) groups is 2. The number of rotatable bonds is 6. The summed E-state index contributed by atoms with van der Waals surface area (Å²) in [6.45, 7) is 1.68. The Kier molecular flexibility index (Phi) is 6.58. The average molecular weight is 436 g/mol. The van der Waals surface area contributed by atoms with Crippen molar-refractivity contribution in [3.8, 4) is 0 Å². The van der Waals surface area contributed by atoms with Crippen LogP contribution in [0.2, 0.25) is 0 Å². The molecule has 0 radical (unpaired) electrons. The van der Waals surface area contributed by atoms with Crippen LogP contribution in [0.25, 0.3) is 0 Å². The van der Waals surface area contributed by atoms with Gasteiger partial charge in [-0.25, -0.2) is 4.39 Å². The number of benzene rings is 1. The summed E-state index contributed by atoms with van der Waals surface area (Å²) in [6, 6.07) is 9.61. The minimum Gasteiger partial charge on any atom is -0.348 e. The van der Waals surface area contributed by atoms with Gasteiger partial charge < -0.3 is 10.2 Å². The quantitative estimate of drug-likeness (QED) is 0.646. The van der Waals surface area contributed by atoms with E-state index in [9.17, 15) is 14.0 Å². The highest BCUT2D eigenvalue weighted by Crippen LogP contribution is 2.24. The summed E-state index contributed by atoms with van der Waals surface area (Å²) in [6.07, 6.45) is 7.40. The zero-order valence-electron chi connectivity index (χ0n) is 18.0. The molecule has 0 spiro atoms. The fraction of sp³-hybridized carbons (Fsp3) is 0.333. The van der Waals surface area contributed by atoms with Crippen LogP contribution in [0.15, 0.2) is 55.0 Å². The lowest BCUT2D eigenvalue weighted by Crippen LogP contribution is -2.39. The minimum absolute atomic E-state index is 0.00949. The number of nitrogens with one attached hydrogen (secondary N) is 1. The molecule has 1 N–H and O–H groups in total. The summed E-state index contributed by atoms with van der Waals surface area (Å²) in [4.78, 5) is 31.3. The van der Waals surface area contributed by atoms with Crippen LogP contribution in [0.3, 0.4) is 0 Å². The Bertz CT molecular complexity index is 1070. The number of carbonyl (C=O) groups excluding carboxylic acids is 2. The van der Waals surface area contributed by atoms with E-state index < -0.39 is 0 Å². The molecular formula is C24H26FN5O2. The van der Waals surface area contributed by atoms with Gasteiger partial charge in [0.15, 0.2) is 0 Å². The van der Waals surface area contributed by atoms with Gasteiger partial charge in [-0.3, -0.25) is 19.3 Å². The number of hydrogen-bond donors (Lipinski definition) is 1. The van der Waals surface area contributed by atoms with Gasteiger partial charge in [0.25, 0.3) is 11.8 Å².